The minimum absolute atomic E-state index is 0.0896. The van der Waals surface area contributed by atoms with Gasteiger partial charge in [-0.05, 0) is 25.3 Å². The van der Waals surface area contributed by atoms with E-state index < -0.39 is 40.7 Å². The zero-order valence-corrected chi connectivity index (χ0v) is 10.4. The summed E-state index contributed by atoms with van der Waals surface area (Å²) in [5.74, 6) is -9.41. The van der Waals surface area contributed by atoms with E-state index in [2.05, 4.69) is 5.32 Å². The molecule has 1 fully saturated rings. The summed E-state index contributed by atoms with van der Waals surface area (Å²) in [4.78, 5) is 0. The van der Waals surface area contributed by atoms with Gasteiger partial charge in [-0.25, -0.2) is 22.0 Å². The highest BCUT2D eigenvalue weighted by Crippen LogP contribution is 2.40. The molecule has 1 atom stereocenters. The third-order valence-electron chi connectivity index (χ3n) is 3.60. The normalized spacial score (nSPS) is 17.4. The quantitative estimate of drug-likeness (QED) is 0.502. The first-order valence-corrected chi connectivity index (χ1v) is 6.23. The van der Waals surface area contributed by atoms with Gasteiger partial charge in [0.25, 0.3) is 0 Å². The number of halogens is 5. The first-order valence-electron chi connectivity index (χ1n) is 6.23. The molecule has 2 rings (SSSR count). The summed E-state index contributed by atoms with van der Waals surface area (Å²) < 4.78 is 66.9. The Hall–Kier alpha value is -1.17. The van der Waals surface area contributed by atoms with E-state index in [0.717, 1.165) is 19.3 Å². The zero-order valence-electron chi connectivity index (χ0n) is 10.4. The summed E-state index contributed by atoms with van der Waals surface area (Å²) in [6, 6.07) is -0.830. The maximum absolute atomic E-state index is 13.7. The maximum Gasteiger partial charge on any atom is 0.200 e. The molecule has 1 aliphatic carbocycles. The van der Waals surface area contributed by atoms with E-state index in [9.17, 15) is 22.0 Å². The second-order valence-corrected chi connectivity index (χ2v) is 4.71. The third kappa shape index (κ3) is 2.33. The standard InChI is InChI=1S/C13H14F5N/c1-2-19-13(6-4-3-5-6)7-8(14)10(16)12(18)11(17)9(7)15/h6,13,19H,2-5H2,1H3. The molecule has 1 N–H and O–H groups in total. The van der Waals surface area contributed by atoms with E-state index in [4.69, 9.17) is 0 Å². The molecule has 0 bridgehead atoms. The van der Waals surface area contributed by atoms with Crippen LogP contribution in [0.2, 0.25) is 0 Å². The monoisotopic (exact) mass is 279 g/mol. The van der Waals surface area contributed by atoms with Crippen LogP contribution in [0.15, 0.2) is 0 Å². The van der Waals surface area contributed by atoms with Crippen molar-refractivity contribution < 1.29 is 22.0 Å². The number of hydrogen-bond acceptors (Lipinski definition) is 1. The molecular weight excluding hydrogens is 265 g/mol. The molecule has 1 unspecified atom stereocenters. The van der Waals surface area contributed by atoms with Crippen molar-refractivity contribution >= 4 is 0 Å². The zero-order chi connectivity index (χ0) is 14.2. The summed E-state index contributed by atoms with van der Waals surface area (Å²) in [7, 11) is 0. The molecule has 1 aromatic carbocycles. The average Bonchev–Trinajstić information content (AvgIpc) is 2.32. The van der Waals surface area contributed by atoms with E-state index in [1.807, 2.05) is 0 Å². The van der Waals surface area contributed by atoms with Gasteiger partial charge in [0.2, 0.25) is 5.82 Å². The highest BCUT2D eigenvalue weighted by atomic mass is 19.2. The molecule has 0 aliphatic heterocycles. The molecule has 1 aromatic rings. The fraction of sp³-hybridized carbons (Fsp3) is 0.538. The topological polar surface area (TPSA) is 12.0 Å². The lowest BCUT2D eigenvalue weighted by Crippen LogP contribution is -2.34. The van der Waals surface area contributed by atoms with Crippen molar-refractivity contribution in [1.82, 2.24) is 5.32 Å². The van der Waals surface area contributed by atoms with Crippen molar-refractivity contribution in [3.05, 3.63) is 34.6 Å². The first kappa shape index (κ1) is 14.2. The SMILES string of the molecule is CCNC(c1c(F)c(F)c(F)c(F)c1F)C1CCC1. The van der Waals surface area contributed by atoms with Crippen LogP contribution in [0.1, 0.15) is 37.8 Å². The average molecular weight is 279 g/mol. The molecule has 19 heavy (non-hydrogen) atoms. The lowest BCUT2D eigenvalue weighted by atomic mass is 9.77. The highest BCUT2D eigenvalue weighted by molar-refractivity contribution is 5.28. The molecule has 0 spiro atoms. The predicted molar refractivity (Wildman–Crippen MR) is 60.0 cm³/mol. The van der Waals surface area contributed by atoms with Gasteiger partial charge in [0.1, 0.15) is 0 Å². The van der Waals surface area contributed by atoms with Crippen LogP contribution in [0, 0.1) is 35.0 Å². The van der Waals surface area contributed by atoms with Crippen LogP contribution < -0.4 is 5.32 Å². The Labute approximate surface area is 107 Å². The number of benzene rings is 1. The Bertz CT molecular complexity index is 455. The Balaban J connectivity index is 2.52. The van der Waals surface area contributed by atoms with Crippen LogP contribution in [0.3, 0.4) is 0 Å². The Morgan fingerprint density at radius 1 is 0.947 bits per heavy atom. The van der Waals surface area contributed by atoms with Gasteiger partial charge in [-0.15, -0.1) is 0 Å². The van der Waals surface area contributed by atoms with Gasteiger partial charge in [0.05, 0.1) is 0 Å². The third-order valence-corrected chi connectivity index (χ3v) is 3.60. The molecule has 0 radical (unpaired) electrons. The molecule has 1 nitrogen and oxygen atoms in total. The Kier molecular flexibility index (Phi) is 4.08. The Morgan fingerprint density at radius 3 is 1.79 bits per heavy atom. The van der Waals surface area contributed by atoms with Crippen molar-refractivity contribution in [3.63, 3.8) is 0 Å². The minimum atomic E-state index is -2.11. The fourth-order valence-corrected chi connectivity index (χ4v) is 2.39. The van der Waals surface area contributed by atoms with Crippen LogP contribution in [0.25, 0.3) is 0 Å². The summed E-state index contributed by atoms with van der Waals surface area (Å²) >= 11 is 0. The number of nitrogens with one attached hydrogen (secondary N) is 1. The van der Waals surface area contributed by atoms with Gasteiger partial charge in [-0.1, -0.05) is 13.3 Å². The fourth-order valence-electron chi connectivity index (χ4n) is 2.39. The predicted octanol–water partition coefficient (Wildman–Crippen LogP) is 3.83. The minimum Gasteiger partial charge on any atom is -0.310 e. The van der Waals surface area contributed by atoms with E-state index in [0.29, 0.717) is 6.54 Å². The molecular formula is C13H14F5N. The van der Waals surface area contributed by atoms with Crippen molar-refractivity contribution in [3.8, 4) is 0 Å². The Morgan fingerprint density at radius 2 is 1.42 bits per heavy atom. The smallest absolute Gasteiger partial charge is 0.200 e. The lowest BCUT2D eigenvalue weighted by Gasteiger charge is -2.35. The molecule has 0 amide bonds. The van der Waals surface area contributed by atoms with Crippen LogP contribution >= 0.6 is 0 Å². The van der Waals surface area contributed by atoms with Crippen molar-refractivity contribution in [2.45, 2.75) is 32.2 Å². The van der Waals surface area contributed by atoms with Gasteiger partial charge < -0.3 is 5.32 Å². The number of rotatable bonds is 4. The first-order chi connectivity index (χ1) is 8.99. The van der Waals surface area contributed by atoms with Crippen molar-refractivity contribution in [2.24, 2.45) is 5.92 Å². The van der Waals surface area contributed by atoms with Crippen LogP contribution in [0.4, 0.5) is 22.0 Å². The van der Waals surface area contributed by atoms with Crippen LogP contribution in [-0.4, -0.2) is 6.54 Å². The van der Waals surface area contributed by atoms with Crippen molar-refractivity contribution in [1.29, 1.82) is 0 Å². The largest absolute Gasteiger partial charge is 0.310 e. The molecule has 1 saturated carbocycles. The van der Waals surface area contributed by atoms with E-state index in [-0.39, 0.29) is 5.92 Å². The lowest BCUT2D eigenvalue weighted by molar-refractivity contribution is 0.219. The summed E-state index contributed by atoms with van der Waals surface area (Å²) in [5.41, 5.74) is -0.733. The van der Waals surface area contributed by atoms with Crippen LogP contribution in [0.5, 0.6) is 0 Å². The molecule has 0 aromatic heterocycles. The maximum atomic E-state index is 13.7. The summed E-state index contributed by atoms with van der Waals surface area (Å²) in [6.07, 6.45) is 2.34. The molecule has 0 saturated heterocycles. The second kappa shape index (κ2) is 5.45. The molecule has 6 heteroatoms. The van der Waals surface area contributed by atoms with Crippen LogP contribution in [-0.2, 0) is 0 Å². The van der Waals surface area contributed by atoms with Gasteiger partial charge >= 0.3 is 0 Å². The van der Waals surface area contributed by atoms with Gasteiger partial charge in [-0.3, -0.25) is 0 Å². The summed E-state index contributed by atoms with van der Waals surface area (Å²) in [5, 5.41) is 2.82. The molecule has 1 aliphatic rings. The van der Waals surface area contributed by atoms with Gasteiger partial charge in [0.15, 0.2) is 23.3 Å². The van der Waals surface area contributed by atoms with Gasteiger partial charge in [-0.2, -0.15) is 0 Å². The van der Waals surface area contributed by atoms with E-state index >= 15 is 0 Å². The molecule has 0 heterocycles. The highest BCUT2D eigenvalue weighted by Gasteiger charge is 2.36. The summed E-state index contributed by atoms with van der Waals surface area (Å²) in [6.45, 7) is 2.11. The molecule has 106 valence electrons. The van der Waals surface area contributed by atoms with E-state index in [1.54, 1.807) is 6.92 Å². The van der Waals surface area contributed by atoms with E-state index in [1.165, 1.54) is 0 Å². The van der Waals surface area contributed by atoms with Crippen molar-refractivity contribution in [2.75, 3.05) is 6.54 Å². The second-order valence-electron chi connectivity index (χ2n) is 4.71. The number of hydrogen-bond donors (Lipinski definition) is 1. The van der Waals surface area contributed by atoms with Gasteiger partial charge in [0, 0.05) is 11.6 Å².